The molecule has 0 bridgehead atoms. The summed E-state index contributed by atoms with van der Waals surface area (Å²) in [6.07, 6.45) is 0. The Labute approximate surface area is 126 Å². The first-order valence-electron chi connectivity index (χ1n) is 6.23. The molecule has 0 spiro atoms. The van der Waals surface area contributed by atoms with Crippen LogP contribution in [0.2, 0.25) is 0 Å². The number of amides is 1. The molecule has 1 N–H and O–H groups in total. The molecule has 1 aromatic rings. The molecule has 1 rings (SSSR count). The van der Waals surface area contributed by atoms with Crippen molar-refractivity contribution in [1.29, 1.82) is 0 Å². The summed E-state index contributed by atoms with van der Waals surface area (Å²) in [7, 11) is -4.71. The lowest BCUT2D eigenvalue weighted by Gasteiger charge is -2.09. The summed E-state index contributed by atoms with van der Waals surface area (Å²) < 4.78 is 51.8. The molecule has 22 heavy (non-hydrogen) atoms. The van der Waals surface area contributed by atoms with E-state index in [2.05, 4.69) is 5.32 Å². The van der Waals surface area contributed by atoms with Crippen LogP contribution in [0.1, 0.15) is 24.2 Å². The molecular formula is C13H15F2NO5S. The molecule has 0 saturated heterocycles. The number of sulfone groups is 1. The Morgan fingerprint density at radius 2 is 1.73 bits per heavy atom. The number of carbonyl (C=O) groups is 2. The van der Waals surface area contributed by atoms with Gasteiger partial charge in [-0.1, -0.05) is 0 Å². The smallest absolute Gasteiger partial charge is 0.341 e. The third-order valence-electron chi connectivity index (χ3n) is 2.44. The van der Waals surface area contributed by atoms with Crippen molar-refractivity contribution < 1.29 is 31.5 Å². The molecule has 0 saturated carbocycles. The van der Waals surface area contributed by atoms with E-state index < -0.39 is 39.0 Å². The lowest BCUT2D eigenvalue weighted by atomic mass is 10.2. The van der Waals surface area contributed by atoms with Crippen LogP contribution in [0.4, 0.5) is 8.78 Å². The van der Waals surface area contributed by atoms with Crippen molar-refractivity contribution >= 4 is 21.7 Å². The van der Waals surface area contributed by atoms with E-state index >= 15 is 0 Å². The molecule has 0 atom stereocenters. The lowest BCUT2D eigenvalue weighted by molar-refractivity contribution is -0.124. The molecule has 6 nitrogen and oxygen atoms in total. The predicted octanol–water partition coefficient (Wildman–Crippen LogP) is 1.36. The molecule has 0 heterocycles. The molecule has 1 aromatic carbocycles. The number of nitrogens with one attached hydrogen (secondary N) is 1. The van der Waals surface area contributed by atoms with E-state index in [1.165, 1.54) is 0 Å². The van der Waals surface area contributed by atoms with E-state index in [4.69, 9.17) is 4.74 Å². The van der Waals surface area contributed by atoms with Gasteiger partial charge in [0.25, 0.3) is 5.91 Å². The molecule has 0 aromatic heterocycles. The first-order chi connectivity index (χ1) is 10.1. The maximum atomic E-state index is 12.3. The van der Waals surface area contributed by atoms with E-state index in [0.717, 1.165) is 24.3 Å². The Kier molecular flexibility index (Phi) is 5.98. The quantitative estimate of drug-likeness (QED) is 0.793. The van der Waals surface area contributed by atoms with Crippen molar-refractivity contribution in [3.8, 4) is 0 Å². The van der Waals surface area contributed by atoms with Gasteiger partial charge in [0.2, 0.25) is 9.84 Å². The summed E-state index contributed by atoms with van der Waals surface area (Å²) in [5, 5.41) is 2.51. The van der Waals surface area contributed by atoms with Crippen molar-refractivity contribution in [2.45, 2.75) is 30.5 Å². The highest BCUT2D eigenvalue weighted by Gasteiger charge is 2.26. The summed E-state index contributed by atoms with van der Waals surface area (Å²) in [6.45, 7) is 2.98. The highest BCUT2D eigenvalue weighted by Crippen LogP contribution is 2.18. The number of ether oxygens (including phenoxy) is 1. The third kappa shape index (κ3) is 4.76. The molecule has 1 amide bonds. The van der Waals surface area contributed by atoms with Gasteiger partial charge >= 0.3 is 11.7 Å². The minimum atomic E-state index is -4.71. The maximum absolute atomic E-state index is 12.3. The second-order valence-electron chi connectivity index (χ2n) is 4.63. The molecule has 122 valence electrons. The van der Waals surface area contributed by atoms with Crippen molar-refractivity contribution in [3.05, 3.63) is 29.8 Å². The highest BCUT2D eigenvalue weighted by atomic mass is 32.2. The fourth-order valence-electron chi connectivity index (χ4n) is 1.46. The van der Waals surface area contributed by atoms with Gasteiger partial charge in [0, 0.05) is 6.04 Å². The van der Waals surface area contributed by atoms with Crippen LogP contribution in [-0.4, -0.2) is 38.7 Å². The lowest BCUT2D eigenvalue weighted by Crippen LogP contribution is -2.33. The van der Waals surface area contributed by atoms with Crippen LogP contribution >= 0.6 is 0 Å². The van der Waals surface area contributed by atoms with Gasteiger partial charge in [-0.2, -0.15) is 8.78 Å². The number of alkyl halides is 2. The number of rotatable bonds is 6. The third-order valence-corrected chi connectivity index (χ3v) is 3.84. The Morgan fingerprint density at radius 1 is 1.18 bits per heavy atom. The van der Waals surface area contributed by atoms with Crippen LogP contribution in [0.25, 0.3) is 0 Å². The van der Waals surface area contributed by atoms with Gasteiger partial charge in [-0.3, -0.25) is 4.79 Å². The average molecular weight is 335 g/mol. The number of hydrogen-bond acceptors (Lipinski definition) is 5. The summed E-state index contributed by atoms with van der Waals surface area (Å²) in [5.41, 5.74) is -0.0504. The Bertz CT molecular complexity index is 641. The van der Waals surface area contributed by atoms with Gasteiger partial charge in [-0.25, -0.2) is 13.2 Å². The number of hydrogen-bond donors (Lipinski definition) is 1. The largest absolute Gasteiger partial charge is 0.452 e. The second kappa shape index (κ2) is 7.30. The van der Waals surface area contributed by atoms with Crippen LogP contribution < -0.4 is 5.32 Å². The zero-order chi connectivity index (χ0) is 16.9. The van der Waals surface area contributed by atoms with Crippen molar-refractivity contribution in [2.24, 2.45) is 0 Å². The molecule has 0 radical (unpaired) electrons. The average Bonchev–Trinajstić information content (AvgIpc) is 2.44. The molecule has 0 aliphatic heterocycles. The summed E-state index contributed by atoms with van der Waals surface area (Å²) in [5.74, 6) is -4.88. The fourth-order valence-corrected chi connectivity index (χ4v) is 2.18. The predicted molar refractivity (Wildman–Crippen MR) is 73.2 cm³/mol. The molecule has 0 aliphatic rings. The van der Waals surface area contributed by atoms with Gasteiger partial charge in [0.15, 0.2) is 6.61 Å². The zero-order valence-corrected chi connectivity index (χ0v) is 12.7. The first-order valence-corrected chi connectivity index (χ1v) is 7.78. The molecule has 0 fully saturated rings. The van der Waals surface area contributed by atoms with Gasteiger partial charge in [-0.05, 0) is 38.1 Å². The number of halogens is 2. The molecule has 0 unspecified atom stereocenters. The minimum Gasteiger partial charge on any atom is -0.452 e. The van der Waals surface area contributed by atoms with E-state index in [-0.39, 0.29) is 11.6 Å². The Morgan fingerprint density at radius 3 is 2.18 bits per heavy atom. The van der Waals surface area contributed by atoms with Crippen molar-refractivity contribution in [1.82, 2.24) is 5.32 Å². The second-order valence-corrected chi connectivity index (χ2v) is 6.55. The summed E-state index contributed by atoms with van der Waals surface area (Å²) in [6, 6.07) is 3.74. The number of esters is 1. The normalized spacial score (nSPS) is 11.5. The monoisotopic (exact) mass is 335 g/mol. The molecule has 9 heteroatoms. The van der Waals surface area contributed by atoms with E-state index in [1.807, 2.05) is 0 Å². The van der Waals surface area contributed by atoms with Crippen molar-refractivity contribution in [2.75, 3.05) is 6.61 Å². The van der Waals surface area contributed by atoms with Gasteiger partial charge in [0.1, 0.15) is 0 Å². The standard InChI is InChI=1S/C13H15F2NO5S/c1-8(2)16-11(17)7-21-12(18)9-3-5-10(6-4-9)22(19,20)13(14)15/h3-6,8,13H,7H2,1-2H3,(H,16,17). The van der Waals surface area contributed by atoms with Gasteiger partial charge in [-0.15, -0.1) is 0 Å². The zero-order valence-electron chi connectivity index (χ0n) is 11.9. The van der Waals surface area contributed by atoms with E-state index in [1.54, 1.807) is 13.8 Å². The molecular weight excluding hydrogens is 320 g/mol. The topological polar surface area (TPSA) is 89.5 Å². The Hall–Kier alpha value is -2.03. The Balaban J connectivity index is 2.71. The van der Waals surface area contributed by atoms with Crippen LogP contribution in [0.15, 0.2) is 29.2 Å². The van der Waals surface area contributed by atoms with E-state index in [0.29, 0.717) is 0 Å². The summed E-state index contributed by atoms with van der Waals surface area (Å²) >= 11 is 0. The van der Waals surface area contributed by atoms with Crippen molar-refractivity contribution in [3.63, 3.8) is 0 Å². The van der Waals surface area contributed by atoms with E-state index in [9.17, 15) is 26.8 Å². The summed E-state index contributed by atoms with van der Waals surface area (Å²) in [4.78, 5) is 22.3. The number of carbonyl (C=O) groups excluding carboxylic acids is 2. The molecule has 0 aliphatic carbocycles. The van der Waals surface area contributed by atoms with Crippen LogP contribution in [0, 0.1) is 0 Å². The van der Waals surface area contributed by atoms with Gasteiger partial charge < -0.3 is 10.1 Å². The minimum absolute atomic E-state index is 0.0504. The highest BCUT2D eigenvalue weighted by molar-refractivity contribution is 7.91. The SMILES string of the molecule is CC(C)NC(=O)COC(=O)c1ccc(S(=O)(=O)C(F)F)cc1. The van der Waals surface area contributed by atoms with Crippen LogP contribution in [0.5, 0.6) is 0 Å². The number of benzene rings is 1. The maximum Gasteiger partial charge on any atom is 0.341 e. The first kappa shape index (κ1) is 18.0. The fraction of sp³-hybridized carbons (Fsp3) is 0.385. The van der Waals surface area contributed by atoms with Crippen LogP contribution in [0.3, 0.4) is 0 Å². The van der Waals surface area contributed by atoms with Gasteiger partial charge in [0.05, 0.1) is 10.5 Å². The van der Waals surface area contributed by atoms with Crippen LogP contribution in [-0.2, 0) is 19.4 Å².